The van der Waals surface area contributed by atoms with Crippen molar-refractivity contribution in [2.24, 2.45) is 17.8 Å². The van der Waals surface area contributed by atoms with Crippen molar-refractivity contribution in [3.63, 3.8) is 0 Å². The van der Waals surface area contributed by atoms with E-state index in [-0.39, 0.29) is 0 Å². The number of pyridine rings is 1. The molecule has 1 heterocycles. The molecule has 92 valence electrons. The normalized spacial score (nSPS) is 32.6. The summed E-state index contributed by atoms with van der Waals surface area (Å²) in [4.78, 5) is 4.12. The van der Waals surface area contributed by atoms with Crippen LogP contribution in [0, 0.1) is 17.8 Å². The lowest BCUT2D eigenvalue weighted by Gasteiger charge is -2.29. The van der Waals surface area contributed by atoms with Crippen molar-refractivity contribution in [2.45, 2.75) is 38.6 Å². The minimum Gasteiger partial charge on any atom is -0.384 e. The fourth-order valence-electron chi connectivity index (χ4n) is 3.77. The van der Waals surface area contributed by atoms with E-state index < -0.39 is 0 Å². The molecule has 0 spiro atoms. The second kappa shape index (κ2) is 4.21. The molecule has 0 amide bonds. The first-order valence-electron chi connectivity index (χ1n) is 6.70. The molecule has 0 aromatic carbocycles. The summed E-state index contributed by atoms with van der Waals surface area (Å²) in [6.07, 6.45) is 7.63. The third-order valence-electron chi connectivity index (χ3n) is 4.62. The fourth-order valence-corrected chi connectivity index (χ4v) is 3.77. The number of nitrogen functional groups attached to an aromatic ring is 1. The van der Waals surface area contributed by atoms with E-state index in [4.69, 9.17) is 5.73 Å². The lowest BCUT2D eigenvalue weighted by Crippen LogP contribution is -2.29. The van der Waals surface area contributed by atoms with Gasteiger partial charge < -0.3 is 11.1 Å². The van der Waals surface area contributed by atoms with E-state index in [0.717, 1.165) is 23.4 Å². The van der Waals surface area contributed by atoms with Gasteiger partial charge in [0.25, 0.3) is 0 Å². The third kappa shape index (κ3) is 2.11. The first-order chi connectivity index (χ1) is 8.22. The van der Waals surface area contributed by atoms with Gasteiger partial charge in [0.05, 0.1) is 11.9 Å². The smallest absolute Gasteiger partial charge is 0.123 e. The summed E-state index contributed by atoms with van der Waals surface area (Å²) in [5, 5.41) is 3.58. The summed E-state index contributed by atoms with van der Waals surface area (Å²) in [5.74, 6) is 3.41. The number of nitrogens with zero attached hydrogens (tertiary/aromatic N) is 1. The van der Waals surface area contributed by atoms with Crippen molar-refractivity contribution in [1.29, 1.82) is 0 Å². The summed E-state index contributed by atoms with van der Waals surface area (Å²) in [6, 6.07) is 4.43. The Balaban J connectivity index is 1.63. The zero-order valence-corrected chi connectivity index (χ0v) is 10.4. The maximum atomic E-state index is 5.59. The molecular formula is C14H21N3. The van der Waals surface area contributed by atoms with Gasteiger partial charge >= 0.3 is 0 Å². The van der Waals surface area contributed by atoms with Crippen LogP contribution in [0.3, 0.4) is 0 Å². The summed E-state index contributed by atoms with van der Waals surface area (Å²) < 4.78 is 0. The van der Waals surface area contributed by atoms with Crippen molar-refractivity contribution in [3.05, 3.63) is 18.3 Å². The molecule has 3 rings (SSSR count). The zero-order valence-electron chi connectivity index (χ0n) is 10.4. The molecule has 2 fully saturated rings. The standard InChI is InChI=1S/C14H21N3/c1-9(13-7-10-2-3-11(13)6-10)17-12-4-5-14(15)16-8-12/h4-5,8-11,13,17H,2-3,6-7H2,1H3,(H2,15,16). The van der Waals surface area contributed by atoms with Crippen molar-refractivity contribution in [1.82, 2.24) is 4.98 Å². The summed E-state index contributed by atoms with van der Waals surface area (Å²) in [7, 11) is 0. The number of nitrogens with one attached hydrogen (secondary N) is 1. The first-order valence-corrected chi connectivity index (χ1v) is 6.70. The largest absolute Gasteiger partial charge is 0.384 e. The van der Waals surface area contributed by atoms with Crippen molar-refractivity contribution in [2.75, 3.05) is 11.1 Å². The SMILES string of the molecule is CC(Nc1ccc(N)nc1)C1CC2CCC1C2. The summed E-state index contributed by atoms with van der Waals surface area (Å²) in [6.45, 7) is 2.31. The molecule has 17 heavy (non-hydrogen) atoms. The van der Waals surface area contributed by atoms with E-state index in [2.05, 4.69) is 17.2 Å². The maximum absolute atomic E-state index is 5.59. The van der Waals surface area contributed by atoms with Crippen LogP contribution in [0.1, 0.15) is 32.6 Å². The number of rotatable bonds is 3. The van der Waals surface area contributed by atoms with Gasteiger partial charge in [0.2, 0.25) is 0 Å². The minimum absolute atomic E-state index is 0.552. The highest BCUT2D eigenvalue weighted by Gasteiger charge is 2.41. The lowest BCUT2D eigenvalue weighted by atomic mass is 9.84. The number of fused-ring (bicyclic) bond motifs is 2. The highest BCUT2D eigenvalue weighted by Crippen LogP contribution is 2.49. The van der Waals surface area contributed by atoms with Gasteiger partial charge in [0, 0.05) is 6.04 Å². The molecule has 2 aliphatic rings. The zero-order chi connectivity index (χ0) is 11.8. The molecule has 1 aromatic heterocycles. The molecule has 0 saturated heterocycles. The first kappa shape index (κ1) is 10.9. The van der Waals surface area contributed by atoms with Crippen LogP contribution < -0.4 is 11.1 Å². The topological polar surface area (TPSA) is 50.9 Å². The van der Waals surface area contributed by atoms with Crippen LogP contribution >= 0.6 is 0 Å². The fraction of sp³-hybridized carbons (Fsp3) is 0.643. The highest BCUT2D eigenvalue weighted by atomic mass is 14.9. The predicted molar refractivity (Wildman–Crippen MR) is 70.7 cm³/mol. The molecule has 2 aliphatic carbocycles. The van der Waals surface area contributed by atoms with Crippen molar-refractivity contribution in [3.8, 4) is 0 Å². The van der Waals surface area contributed by atoms with Crippen LogP contribution in [0.25, 0.3) is 0 Å². The number of hydrogen-bond acceptors (Lipinski definition) is 3. The van der Waals surface area contributed by atoms with Gasteiger partial charge in [-0.25, -0.2) is 4.98 Å². The van der Waals surface area contributed by atoms with Gasteiger partial charge in [0.1, 0.15) is 5.82 Å². The molecule has 1 aromatic rings. The van der Waals surface area contributed by atoms with E-state index in [9.17, 15) is 0 Å². The molecule has 0 radical (unpaired) electrons. The van der Waals surface area contributed by atoms with Gasteiger partial charge in [0.15, 0.2) is 0 Å². The van der Waals surface area contributed by atoms with E-state index in [0.29, 0.717) is 11.9 Å². The minimum atomic E-state index is 0.552. The Hall–Kier alpha value is -1.25. The Morgan fingerprint density at radius 2 is 2.24 bits per heavy atom. The van der Waals surface area contributed by atoms with E-state index in [1.54, 1.807) is 0 Å². The van der Waals surface area contributed by atoms with E-state index >= 15 is 0 Å². The Morgan fingerprint density at radius 3 is 2.82 bits per heavy atom. The van der Waals surface area contributed by atoms with Crippen molar-refractivity contribution >= 4 is 11.5 Å². The second-order valence-corrected chi connectivity index (χ2v) is 5.74. The molecule has 3 nitrogen and oxygen atoms in total. The number of anilines is 2. The van der Waals surface area contributed by atoms with Crippen LogP contribution in [0.2, 0.25) is 0 Å². The quantitative estimate of drug-likeness (QED) is 0.841. The van der Waals surface area contributed by atoms with Gasteiger partial charge in [-0.3, -0.25) is 0 Å². The summed E-state index contributed by atoms with van der Waals surface area (Å²) in [5.41, 5.74) is 6.68. The molecular weight excluding hydrogens is 210 g/mol. The van der Waals surface area contributed by atoms with Crippen LogP contribution in [0.5, 0.6) is 0 Å². The molecule has 2 saturated carbocycles. The highest BCUT2D eigenvalue weighted by molar-refractivity contribution is 5.46. The summed E-state index contributed by atoms with van der Waals surface area (Å²) >= 11 is 0. The van der Waals surface area contributed by atoms with Crippen LogP contribution in [0.15, 0.2) is 18.3 Å². The molecule has 0 aliphatic heterocycles. The van der Waals surface area contributed by atoms with Gasteiger partial charge in [-0.15, -0.1) is 0 Å². The third-order valence-corrected chi connectivity index (χ3v) is 4.62. The van der Waals surface area contributed by atoms with E-state index in [1.165, 1.54) is 25.7 Å². The molecule has 2 bridgehead atoms. The van der Waals surface area contributed by atoms with Crippen LogP contribution in [-0.4, -0.2) is 11.0 Å². The molecule has 3 heteroatoms. The average molecular weight is 231 g/mol. The van der Waals surface area contributed by atoms with Gasteiger partial charge in [-0.1, -0.05) is 6.42 Å². The monoisotopic (exact) mass is 231 g/mol. The Morgan fingerprint density at radius 1 is 1.35 bits per heavy atom. The van der Waals surface area contributed by atoms with Crippen LogP contribution in [0.4, 0.5) is 11.5 Å². The van der Waals surface area contributed by atoms with Gasteiger partial charge in [-0.2, -0.15) is 0 Å². The number of hydrogen-bond donors (Lipinski definition) is 2. The van der Waals surface area contributed by atoms with Crippen molar-refractivity contribution < 1.29 is 0 Å². The maximum Gasteiger partial charge on any atom is 0.123 e. The Bertz CT molecular complexity index is 387. The van der Waals surface area contributed by atoms with Gasteiger partial charge in [-0.05, 0) is 56.1 Å². The average Bonchev–Trinajstić information content (AvgIpc) is 2.94. The predicted octanol–water partition coefficient (Wildman–Crippen LogP) is 2.90. The number of aromatic nitrogens is 1. The van der Waals surface area contributed by atoms with E-state index in [1.807, 2.05) is 18.3 Å². The Kier molecular flexibility index (Phi) is 2.69. The Labute approximate surface area is 103 Å². The molecule has 4 atom stereocenters. The molecule has 4 unspecified atom stereocenters. The molecule has 3 N–H and O–H groups in total. The lowest BCUT2D eigenvalue weighted by molar-refractivity contribution is 0.304. The second-order valence-electron chi connectivity index (χ2n) is 5.74. The van der Waals surface area contributed by atoms with Crippen LogP contribution in [-0.2, 0) is 0 Å². The number of nitrogens with two attached hydrogens (primary N) is 1.